The predicted molar refractivity (Wildman–Crippen MR) is 51.3 cm³/mol. The smallest absolute Gasteiger partial charge is 0.257 e. The Balaban J connectivity index is 4.25. The van der Waals surface area contributed by atoms with Crippen molar-refractivity contribution in [2.45, 2.75) is 26.3 Å². The third kappa shape index (κ3) is 4.25. The number of rotatable bonds is 4. The summed E-state index contributed by atoms with van der Waals surface area (Å²) >= 11 is 2.92. The van der Waals surface area contributed by atoms with Crippen molar-refractivity contribution in [2.75, 3.05) is 5.33 Å². The lowest BCUT2D eigenvalue weighted by atomic mass is 10.0. The molecule has 13 heavy (non-hydrogen) atoms. The molecule has 5 heteroatoms. The van der Waals surface area contributed by atoms with Gasteiger partial charge in [-0.2, -0.15) is 5.26 Å². The largest absolute Gasteiger partial charge is 0.285 e. The number of halogens is 1. The Bertz CT molecular complexity index is 213. The van der Waals surface area contributed by atoms with E-state index in [2.05, 4.69) is 15.9 Å². The van der Waals surface area contributed by atoms with E-state index in [1.54, 1.807) is 0 Å². The van der Waals surface area contributed by atoms with Gasteiger partial charge in [-0.15, -0.1) is 0 Å². The molecule has 0 spiro atoms. The van der Waals surface area contributed by atoms with Crippen molar-refractivity contribution in [3.8, 4) is 6.07 Å². The van der Waals surface area contributed by atoms with Gasteiger partial charge in [-0.1, -0.05) is 29.8 Å². The Hall–Kier alpha value is -0.600. The molecule has 0 heterocycles. The molecule has 1 amide bonds. The molecule has 0 bridgehead atoms. The second kappa shape index (κ2) is 5.95. The molecule has 0 rings (SSSR count). The number of carbonyl (C=O) groups excluding carboxylic acids is 1. The third-order valence-electron chi connectivity index (χ3n) is 1.51. The summed E-state index contributed by atoms with van der Waals surface area (Å²) in [6, 6.07) is 1.14. The SMILES string of the molecule is CC(C)CC(C#N)N(O)C(=O)CBr. The summed E-state index contributed by atoms with van der Waals surface area (Å²) in [5, 5.41) is 18.5. The van der Waals surface area contributed by atoms with Crippen LogP contribution < -0.4 is 0 Å². The van der Waals surface area contributed by atoms with Gasteiger partial charge in [0.05, 0.1) is 11.4 Å². The lowest BCUT2D eigenvalue weighted by Crippen LogP contribution is -2.38. The van der Waals surface area contributed by atoms with E-state index in [0.717, 1.165) is 0 Å². The number of nitrogens with zero attached hydrogens (tertiary/aromatic N) is 2. The van der Waals surface area contributed by atoms with E-state index in [1.165, 1.54) is 0 Å². The fourth-order valence-corrected chi connectivity index (χ4v) is 1.15. The molecule has 0 saturated heterocycles. The van der Waals surface area contributed by atoms with E-state index in [4.69, 9.17) is 5.26 Å². The van der Waals surface area contributed by atoms with Gasteiger partial charge < -0.3 is 0 Å². The van der Waals surface area contributed by atoms with Crippen molar-refractivity contribution < 1.29 is 10.0 Å². The van der Waals surface area contributed by atoms with Gasteiger partial charge in [-0.05, 0) is 12.3 Å². The fourth-order valence-electron chi connectivity index (χ4n) is 0.889. The van der Waals surface area contributed by atoms with E-state index in [-0.39, 0.29) is 11.2 Å². The first-order chi connectivity index (χ1) is 6.02. The fraction of sp³-hybridized carbons (Fsp3) is 0.750. The van der Waals surface area contributed by atoms with Crippen LogP contribution in [0.5, 0.6) is 0 Å². The quantitative estimate of drug-likeness (QED) is 0.467. The van der Waals surface area contributed by atoms with Crippen molar-refractivity contribution in [3.05, 3.63) is 0 Å². The number of hydrogen-bond donors (Lipinski definition) is 1. The number of amides is 1. The highest BCUT2D eigenvalue weighted by Crippen LogP contribution is 2.09. The molecule has 0 aromatic rings. The van der Waals surface area contributed by atoms with Crippen LogP contribution in [0.25, 0.3) is 0 Å². The van der Waals surface area contributed by atoms with Gasteiger partial charge in [0.25, 0.3) is 5.91 Å². The minimum absolute atomic E-state index is 0.0276. The second-order valence-corrected chi connectivity index (χ2v) is 3.71. The zero-order chi connectivity index (χ0) is 10.4. The van der Waals surface area contributed by atoms with Crippen LogP contribution in [0.1, 0.15) is 20.3 Å². The minimum atomic E-state index is -0.745. The summed E-state index contributed by atoms with van der Waals surface area (Å²) in [6.45, 7) is 3.85. The summed E-state index contributed by atoms with van der Waals surface area (Å²) in [4.78, 5) is 11.0. The molecule has 1 unspecified atom stereocenters. The lowest BCUT2D eigenvalue weighted by Gasteiger charge is -2.20. The van der Waals surface area contributed by atoms with Crippen LogP contribution in [0.4, 0.5) is 0 Å². The summed E-state index contributed by atoms with van der Waals surface area (Å²) in [7, 11) is 0. The molecule has 0 fully saturated rings. The van der Waals surface area contributed by atoms with Gasteiger partial charge in [0, 0.05) is 0 Å². The zero-order valence-electron chi connectivity index (χ0n) is 7.70. The topological polar surface area (TPSA) is 64.3 Å². The highest BCUT2D eigenvalue weighted by Gasteiger charge is 2.21. The monoisotopic (exact) mass is 248 g/mol. The Morgan fingerprint density at radius 3 is 2.54 bits per heavy atom. The first-order valence-electron chi connectivity index (χ1n) is 3.99. The molecule has 0 aliphatic carbocycles. The van der Waals surface area contributed by atoms with Gasteiger partial charge in [0.1, 0.15) is 6.04 Å². The van der Waals surface area contributed by atoms with Crippen molar-refractivity contribution in [1.29, 1.82) is 5.26 Å². The van der Waals surface area contributed by atoms with E-state index >= 15 is 0 Å². The molecule has 0 aromatic heterocycles. The number of nitriles is 1. The Kier molecular flexibility index (Phi) is 5.67. The van der Waals surface area contributed by atoms with Crippen LogP contribution in [0.2, 0.25) is 0 Å². The van der Waals surface area contributed by atoms with Crippen LogP contribution in [0.3, 0.4) is 0 Å². The molecular weight excluding hydrogens is 236 g/mol. The molecule has 0 aromatic carbocycles. The van der Waals surface area contributed by atoms with Crippen LogP contribution in [0.15, 0.2) is 0 Å². The van der Waals surface area contributed by atoms with E-state index in [9.17, 15) is 10.0 Å². The number of carbonyl (C=O) groups is 1. The molecular formula is C8H13BrN2O2. The van der Waals surface area contributed by atoms with Crippen LogP contribution >= 0.6 is 15.9 Å². The van der Waals surface area contributed by atoms with Gasteiger partial charge >= 0.3 is 0 Å². The maximum Gasteiger partial charge on any atom is 0.257 e. The highest BCUT2D eigenvalue weighted by molar-refractivity contribution is 9.09. The van der Waals surface area contributed by atoms with Crippen LogP contribution in [0, 0.1) is 17.2 Å². The standard InChI is InChI=1S/C8H13BrN2O2/c1-6(2)3-7(5-10)11(13)8(12)4-9/h6-7,13H,3-4H2,1-2H3. The number of hydroxylamine groups is 2. The Morgan fingerprint density at radius 2 is 2.23 bits per heavy atom. The second-order valence-electron chi connectivity index (χ2n) is 3.15. The summed E-state index contributed by atoms with van der Waals surface area (Å²) in [6.07, 6.45) is 0.478. The molecule has 0 saturated carbocycles. The maximum atomic E-state index is 11.0. The molecule has 0 aliphatic heterocycles. The average Bonchev–Trinajstić information content (AvgIpc) is 2.11. The van der Waals surface area contributed by atoms with E-state index in [1.807, 2.05) is 19.9 Å². The average molecular weight is 249 g/mol. The first kappa shape index (κ1) is 12.4. The summed E-state index contributed by atoms with van der Waals surface area (Å²) in [5.74, 6) is -0.227. The van der Waals surface area contributed by atoms with Crippen molar-refractivity contribution >= 4 is 21.8 Å². The van der Waals surface area contributed by atoms with E-state index in [0.29, 0.717) is 11.5 Å². The lowest BCUT2D eigenvalue weighted by molar-refractivity contribution is -0.168. The minimum Gasteiger partial charge on any atom is -0.285 e. The van der Waals surface area contributed by atoms with Crippen LogP contribution in [-0.2, 0) is 4.79 Å². The molecule has 74 valence electrons. The normalized spacial score (nSPS) is 12.3. The molecule has 4 nitrogen and oxygen atoms in total. The van der Waals surface area contributed by atoms with Crippen molar-refractivity contribution in [3.63, 3.8) is 0 Å². The van der Waals surface area contributed by atoms with Gasteiger partial charge in [0.15, 0.2) is 0 Å². The number of alkyl halides is 1. The predicted octanol–water partition coefficient (Wildman–Crippen LogP) is 1.54. The van der Waals surface area contributed by atoms with E-state index < -0.39 is 11.9 Å². The molecule has 1 N–H and O–H groups in total. The molecule has 0 radical (unpaired) electrons. The first-order valence-corrected chi connectivity index (χ1v) is 5.11. The van der Waals surface area contributed by atoms with Gasteiger partial charge in [-0.3, -0.25) is 10.0 Å². The Labute approximate surface area is 86.2 Å². The van der Waals surface area contributed by atoms with Crippen LogP contribution in [-0.4, -0.2) is 27.5 Å². The zero-order valence-corrected chi connectivity index (χ0v) is 9.28. The van der Waals surface area contributed by atoms with Gasteiger partial charge in [0.2, 0.25) is 0 Å². The third-order valence-corrected chi connectivity index (χ3v) is 1.99. The van der Waals surface area contributed by atoms with Crippen molar-refractivity contribution in [1.82, 2.24) is 5.06 Å². The number of hydrogen-bond acceptors (Lipinski definition) is 3. The molecule has 1 atom stereocenters. The summed E-state index contributed by atoms with van der Waals surface area (Å²) in [5.41, 5.74) is 0. The Morgan fingerprint density at radius 1 is 1.69 bits per heavy atom. The highest BCUT2D eigenvalue weighted by atomic mass is 79.9. The molecule has 0 aliphatic rings. The summed E-state index contributed by atoms with van der Waals surface area (Å²) < 4.78 is 0. The maximum absolute atomic E-state index is 11.0. The van der Waals surface area contributed by atoms with Crippen molar-refractivity contribution in [2.24, 2.45) is 5.92 Å². The van der Waals surface area contributed by atoms with Gasteiger partial charge in [-0.25, -0.2) is 5.06 Å².